The van der Waals surface area contributed by atoms with Gasteiger partial charge in [-0.15, -0.1) is 0 Å². The zero-order chi connectivity index (χ0) is 19.3. The molecule has 2 aliphatic rings. The fraction of sp³-hybridized carbons (Fsp3) is 0.619. The number of carbonyl (C=O) groups excluding carboxylic acids is 2. The summed E-state index contributed by atoms with van der Waals surface area (Å²) in [6.07, 6.45) is 7.79. The first-order valence-corrected chi connectivity index (χ1v) is 10.0. The smallest absolute Gasteiger partial charge is 0.237 e. The maximum atomic E-state index is 13.3. The number of rotatable bonds is 6. The Hall–Kier alpha value is -1.95. The molecule has 1 aliphatic heterocycles. The minimum Gasteiger partial charge on any atom is -0.354 e. The summed E-state index contributed by atoms with van der Waals surface area (Å²) in [5.41, 5.74) is 7.19. The molecule has 3 N–H and O–H groups in total. The third-order valence-corrected chi connectivity index (χ3v) is 6.40. The first kappa shape index (κ1) is 19.8. The van der Waals surface area contributed by atoms with Crippen molar-refractivity contribution < 1.29 is 14.0 Å². The molecular weight excluding hydrogens is 345 g/mol. The van der Waals surface area contributed by atoms with Crippen molar-refractivity contribution in [1.82, 2.24) is 10.2 Å². The molecule has 2 amide bonds. The molecule has 27 heavy (non-hydrogen) atoms. The van der Waals surface area contributed by atoms with Crippen molar-refractivity contribution in [2.24, 2.45) is 11.7 Å². The zero-order valence-corrected chi connectivity index (χ0v) is 15.8. The monoisotopic (exact) mass is 375 g/mol. The van der Waals surface area contributed by atoms with E-state index < -0.39 is 6.04 Å². The molecule has 1 aromatic rings. The van der Waals surface area contributed by atoms with Crippen LogP contribution in [-0.4, -0.2) is 42.9 Å². The standard InChI is InChI=1S/C21H30FN3O2/c22-18-6-4-17(5-7-18)21(10-2-1-3-11-21)14-24-20(27)19(23)16-8-12-25(15-26)13-9-16/h4-7,15-16,19H,1-3,8-14,23H2,(H,24,27). The number of carbonyl (C=O) groups is 2. The Balaban J connectivity index is 1.62. The van der Waals surface area contributed by atoms with Gasteiger partial charge >= 0.3 is 0 Å². The van der Waals surface area contributed by atoms with Crippen LogP contribution < -0.4 is 11.1 Å². The topological polar surface area (TPSA) is 75.4 Å². The van der Waals surface area contributed by atoms with Gasteiger partial charge < -0.3 is 16.0 Å². The predicted octanol–water partition coefficient (Wildman–Crippen LogP) is 2.34. The fourth-order valence-corrected chi connectivity index (χ4v) is 4.57. The van der Waals surface area contributed by atoms with E-state index in [0.717, 1.165) is 50.5 Å². The van der Waals surface area contributed by atoms with Crippen LogP contribution in [0.5, 0.6) is 0 Å². The summed E-state index contributed by atoms with van der Waals surface area (Å²) in [5.74, 6) is -0.252. The lowest BCUT2D eigenvalue weighted by molar-refractivity contribution is -0.124. The van der Waals surface area contributed by atoms with E-state index in [1.807, 2.05) is 12.1 Å². The summed E-state index contributed by atoms with van der Waals surface area (Å²) in [4.78, 5) is 25.2. The van der Waals surface area contributed by atoms with Crippen molar-refractivity contribution in [2.75, 3.05) is 19.6 Å². The lowest BCUT2D eigenvalue weighted by Gasteiger charge is -2.39. The number of hydrogen-bond acceptors (Lipinski definition) is 3. The van der Waals surface area contributed by atoms with Crippen molar-refractivity contribution in [2.45, 2.75) is 56.4 Å². The predicted molar refractivity (Wildman–Crippen MR) is 103 cm³/mol. The Labute approximate surface area is 160 Å². The number of amides is 2. The van der Waals surface area contributed by atoms with Crippen LogP contribution >= 0.6 is 0 Å². The van der Waals surface area contributed by atoms with Crippen LogP contribution in [0, 0.1) is 11.7 Å². The fourth-order valence-electron chi connectivity index (χ4n) is 4.57. The van der Waals surface area contributed by atoms with Crippen LogP contribution in [0.1, 0.15) is 50.5 Å². The molecule has 1 saturated carbocycles. The molecule has 0 bridgehead atoms. The number of piperidine rings is 1. The van der Waals surface area contributed by atoms with Crippen LogP contribution in [0.2, 0.25) is 0 Å². The van der Waals surface area contributed by atoms with Crippen molar-refractivity contribution in [3.63, 3.8) is 0 Å². The van der Waals surface area contributed by atoms with E-state index in [-0.39, 0.29) is 23.1 Å². The molecule has 1 aliphatic carbocycles. The maximum Gasteiger partial charge on any atom is 0.237 e. The highest BCUT2D eigenvalue weighted by Gasteiger charge is 2.35. The van der Waals surface area contributed by atoms with Crippen LogP contribution in [0.25, 0.3) is 0 Å². The normalized spacial score (nSPS) is 21.5. The third kappa shape index (κ3) is 4.67. The van der Waals surface area contributed by atoms with E-state index in [9.17, 15) is 14.0 Å². The summed E-state index contributed by atoms with van der Waals surface area (Å²) in [6.45, 7) is 1.86. The van der Waals surface area contributed by atoms with Gasteiger partial charge in [-0.25, -0.2) is 4.39 Å². The van der Waals surface area contributed by atoms with Gasteiger partial charge in [0.1, 0.15) is 5.82 Å². The SMILES string of the molecule is NC(C(=O)NCC1(c2ccc(F)cc2)CCCCC1)C1CCN(C=O)CC1. The zero-order valence-electron chi connectivity index (χ0n) is 15.8. The highest BCUT2D eigenvalue weighted by Crippen LogP contribution is 2.39. The summed E-state index contributed by atoms with van der Waals surface area (Å²) < 4.78 is 13.3. The summed E-state index contributed by atoms with van der Waals surface area (Å²) >= 11 is 0. The van der Waals surface area contributed by atoms with Gasteiger partial charge in [0.15, 0.2) is 0 Å². The van der Waals surface area contributed by atoms with Crippen LogP contribution in [0.15, 0.2) is 24.3 Å². The van der Waals surface area contributed by atoms with E-state index in [2.05, 4.69) is 5.32 Å². The molecule has 2 fully saturated rings. The van der Waals surface area contributed by atoms with Crippen molar-refractivity contribution in [1.29, 1.82) is 0 Å². The molecule has 0 spiro atoms. The Morgan fingerprint density at radius 1 is 1.22 bits per heavy atom. The third-order valence-electron chi connectivity index (χ3n) is 6.40. The molecular formula is C21H30FN3O2. The molecule has 3 rings (SSSR count). The number of likely N-dealkylation sites (tertiary alicyclic amines) is 1. The minimum absolute atomic E-state index is 0.106. The molecule has 1 heterocycles. The largest absolute Gasteiger partial charge is 0.354 e. The molecule has 1 atom stereocenters. The number of nitrogens with one attached hydrogen (secondary N) is 1. The van der Waals surface area contributed by atoms with Crippen LogP contribution in [0.4, 0.5) is 4.39 Å². The van der Waals surface area contributed by atoms with Crippen LogP contribution in [-0.2, 0) is 15.0 Å². The second kappa shape index (κ2) is 8.83. The highest BCUT2D eigenvalue weighted by atomic mass is 19.1. The summed E-state index contributed by atoms with van der Waals surface area (Å²) in [6, 6.07) is 6.15. The van der Waals surface area contributed by atoms with Crippen molar-refractivity contribution in [3.8, 4) is 0 Å². The van der Waals surface area contributed by atoms with E-state index in [4.69, 9.17) is 5.73 Å². The second-order valence-corrected chi connectivity index (χ2v) is 8.07. The maximum absolute atomic E-state index is 13.3. The summed E-state index contributed by atoms with van der Waals surface area (Å²) in [7, 11) is 0. The first-order chi connectivity index (χ1) is 13.0. The summed E-state index contributed by atoms with van der Waals surface area (Å²) in [5, 5.41) is 3.09. The quantitative estimate of drug-likeness (QED) is 0.750. The van der Waals surface area contributed by atoms with Gasteiger partial charge in [0.25, 0.3) is 0 Å². The average Bonchev–Trinajstić information content (AvgIpc) is 2.72. The van der Waals surface area contributed by atoms with Gasteiger partial charge in [0, 0.05) is 25.0 Å². The lowest BCUT2D eigenvalue weighted by Crippen LogP contribution is -2.52. The number of benzene rings is 1. The number of nitrogens with zero attached hydrogens (tertiary/aromatic N) is 1. The van der Waals surface area contributed by atoms with E-state index in [1.54, 1.807) is 4.90 Å². The van der Waals surface area contributed by atoms with Gasteiger partial charge in [0.05, 0.1) is 6.04 Å². The number of halogens is 1. The highest BCUT2D eigenvalue weighted by molar-refractivity contribution is 5.82. The first-order valence-electron chi connectivity index (χ1n) is 10.0. The Morgan fingerprint density at radius 2 is 1.85 bits per heavy atom. The van der Waals surface area contributed by atoms with Gasteiger partial charge in [-0.3, -0.25) is 9.59 Å². The Morgan fingerprint density at radius 3 is 2.44 bits per heavy atom. The molecule has 1 unspecified atom stereocenters. The van der Waals surface area contributed by atoms with Crippen molar-refractivity contribution in [3.05, 3.63) is 35.6 Å². The molecule has 0 radical (unpaired) electrons. The molecule has 5 nitrogen and oxygen atoms in total. The van der Waals surface area contributed by atoms with E-state index >= 15 is 0 Å². The van der Waals surface area contributed by atoms with Gasteiger partial charge in [-0.1, -0.05) is 31.4 Å². The van der Waals surface area contributed by atoms with E-state index in [1.165, 1.54) is 18.6 Å². The Kier molecular flexibility index (Phi) is 6.47. The molecule has 1 saturated heterocycles. The minimum atomic E-state index is -0.548. The molecule has 0 aromatic heterocycles. The van der Waals surface area contributed by atoms with Gasteiger partial charge in [0.2, 0.25) is 12.3 Å². The Bertz CT molecular complexity index is 635. The van der Waals surface area contributed by atoms with Crippen LogP contribution in [0.3, 0.4) is 0 Å². The number of nitrogens with two attached hydrogens (primary N) is 1. The second-order valence-electron chi connectivity index (χ2n) is 8.07. The van der Waals surface area contributed by atoms with E-state index in [0.29, 0.717) is 19.6 Å². The molecule has 1 aromatic carbocycles. The average molecular weight is 375 g/mol. The number of hydrogen-bond donors (Lipinski definition) is 2. The molecule has 148 valence electrons. The van der Waals surface area contributed by atoms with Gasteiger partial charge in [-0.05, 0) is 49.3 Å². The molecule has 6 heteroatoms. The van der Waals surface area contributed by atoms with Crippen molar-refractivity contribution >= 4 is 12.3 Å². The van der Waals surface area contributed by atoms with Gasteiger partial charge in [-0.2, -0.15) is 0 Å². The lowest BCUT2D eigenvalue weighted by atomic mass is 9.69.